The van der Waals surface area contributed by atoms with Gasteiger partial charge in [-0.15, -0.1) is 0 Å². The van der Waals surface area contributed by atoms with E-state index >= 15 is 0 Å². The summed E-state index contributed by atoms with van der Waals surface area (Å²) in [5, 5.41) is 18.4. The summed E-state index contributed by atoms with van der Waals surface area (Å²) in [4.78, 5) is 0. The van der Waals surface area contributed by atoms with Gasteiger partial charge in [-0.1, -0.05) is 0 Å². The highest BCUT2D eigenvalue weighted by atomic mass is 28.6. The molecule has 4 fully saturated rings. The molecule has 0 spiro atoms. The number of fused-ring (bicyclic) bond motifs is 4. The molecule has 7 unspecified atom stereocenters. The molecular weight excluding hydrogens is 581 g/mol. The molecule has 4 heterocycles. The SMILES string of the molecule is C[Si]12O[SiH2]O[Si]3(C)O[Si](C)(O1)O[Si]1(C)O[Si](C)(O[SiH2]O[Si](CCCOCC(O)CO)(O3)O1)O2. The van der Waals surface area contributed by atoms with Gasteiger partial charge in [0.1, 0.15) is 6.10 Å². The van der Waals surface area contributed by atoms with Crippen LogP contribution in [-0.4, -0.2) is 109 Å². The Labute approximate surface area is 203 Å². The molecule has 4 saturated heterocycles. The molecule has 4 aliphatic heterocycles. The average molecular weight is 613 g/mol. The first-order valence-electron chi connectivity index (χ1n) is 10.7. The van der Waals surface area contributed by atoms with Crippen molar-refractivity contribution in [2.75, 3.05) is 19.8 Å². The fraction of sp³-hybridized carbons (Fsp3) is 1.00. The van der Waals surface area contributed by atoms with E-state index in [4.69, 9.17) is 55.1 Å². The van der Waals surface area contributed by atoms with E-state index in [1.807, 2.05) is 0 Å². The van der Waals surface area contributed by atoms with Crippen LogP contribution in [0.25, 0.3) is 0 Å². The van der Waals surface area contributed by atoms with Crippen LogP contribution in [0, 0.1) is 0 Å². The van der Waals surface area contributed by atoms with E-state index in [9.17, 15) is 5.11 Å². The van der Waals surface area contributed by atoms with E-state index in [0.717, 1.165) is 0 Å². The average Bonchev–Trinajstić information content (AvgIpc) is 2.61. The van der Waals surface area contributed by atoms with Crippen LogP contribution in [0.5, 0.6) is 0 Å². The van der Waals surface area contributed by atoms with Gasteiger partial charge in [-0.25, -0.2) is 0 Å². The van der Waals surface area contributed by atoms with Gasteiger partial charge in [0, 0.05) is 45.4 Å². The summed E-state index contributed by atoms with van der Waals surface area (Å²) in [5.41, 5.74) is 0. The third-order valence-electron chi connectivity index (χ3n) is 5.07. The highest BCUT2D eigenvalue weighted by molar-refractivity contribution is 6.96. The lowest BCUT2D eigenvalue weighted by Crippen LogP contribution is -2.79. The molecule has 0 aliphatic carbocycles. The number of aliphatic hydroxyl groups is 2. The van der Waals surface area contributed by atoms with Crippen molar-refractivity contribution < 1.29 is 60.2 Å². The summed E-state index contributed by atoms with van der Waals surface area (Å²) in [6, 6.07) is 0.371. The summed E-state index contributed by atoms with van der Waals surface area (Å²) in [6.45, 7) is 8.75. The van der Waals surface area contributed by atoms with Crippen molar-refractivity contribution in [1.82, 2.24) is 0 Å². The largest absolute Gasteiger partial charge is 0.477 e. The van der Waals surface area contributed by atoms with E-state index in [0.29, 0.717) is 19.1 Å². The first kappa shape index (κ1) is 27.2. The van der Waals surface area contributed by atoms with Gasteiger partial charge < -0.3 is 60.2 Å². The number of hydrogen-bond donors (Lipinski definition) is 2. The third kappa shape index (κ3) is 6.55. The molecule has 0 saturated carbocycles. The standard InChI is InChI=1S/C11H32O14Si8/c1-28-15-26-16-30(3)22-31(4,20-28)23-32(5)21-29(2,19-28)17-27-18-33(24-30,25-32)8-6-7-14-10-11(13)9-12/h11-13H,6-10,26-27H2,1-5H3. The number of ether oxygens (including phenoxy) is 1. The van der Waals surface area contributed by atoms with Gasteiger partial charge in [-0.05, 0) is 6.42 Å². The van der Waals surface area contributed by atoms with Crippen LogP contribution >= 0.6 is 0 Å². The first-order chi connectivity index (χ1) is 15.3. The zero-order chi connectivity index (χ0) is 24.0. The minimum atomic E-state index is -3.48. The zero-order valence-corrected chi connectivity index (χ0v) is 28.1. The van der Waals surface area contributed by atoms with Gasteiger partial charge >= 0.3 is 52.8 Å². The molecule has 2 N–H and O–H groups in total. The van der Waals surface area contributed by atoms with Crippen molar-refractivity contribution in [3.8, 4) is 0 Å². The van der Waals surface area contributed by atoms with E-state index in [1.165, 1.54) is 0 Å². The maximum Gasteiger partial charge on any atom is 0.477 e. The minimum Gasteiger partial charge on any atom is -0.399 e. The Morgan fingerprint density at radius 1 is 0.697 bits per heavy atom. The Balaban J connectivity index is 1.63. The lowest BCUT2D eigenvalue weighted by atomic mass is 10.4. The minimum absolute atomic E-state index is 0.0248. The van der Waals surface area contributed by atoms with E-state index < -0.39 is 78.9 Å². The molecule has 0 aromatic heterocycles. The molecule has 33 heavy (non-hydrogen) atoms. The summed E-state index contributed by atoms with van der Waals surface area (Å²) in [7, 11) is -23.5. The summed E-state index contributed by atoms with van der Waals surface area (Å²) in [5.74, 6) is 0. The van der Waals surface area contributed by atoms with Crippen LogP contribution in [0.15, 0.2) is 0 Å². The zero-order valence-electron chi connectivity index (χ0n) is 19.3. The second kappa shape index (κ2) is 9.81. The van der Waals surface area contributed by atoms with Crippen molar-refractivity contribution in [2.24, 2.45) is 0 Å². The smallest absolute Gasteiger partial charge is 0.399 e. The lowest BCUT2D eigenvalue weighted by Gasteiger charge is -2.55. The normalized spacial score (nSPS) is 50.3. The molecule has 4 rings (SSSR count). The monoisotopic (exact) mass is 612 g/mol. The van der Waals surface area contributed by atoms with Crippen molar-refractivity contribution in [2.45, 2.75) is 51.3 Å². The van der Waals surface area contributed by atoms with Crippen LogP contribution in [0.2, 0.25) is 38.8 Å². The maximum absolute atomic E-state index is 9.47. The quantitative estimate of drug-likeness (QED) is 0.235. The van der Waals surface area contributed by atoms with Gasteiger partial charge in [-0.2, -0.15) is 0 Å². The number of aliphatic hydroxyl groups excluding tert-OH is 2. The topological polar surface area (TPSA) is 151 Å². The van der Waals surface area contributed by atoms with Gasteiger partial charge in [0.2, 0.25) is 0 Å². The highest BCUT2D eigenvalue weighted by Crippen LogP contribution is 2.41. The summed E-state index contributed by atoms with van der Waals surface area (Å²) in [6.07, 6.45) is -0.424. The van der Waals surface area contributed by atoms with Gasteiger partial charge in [-0.3, -0.25) is 0 Å². The Bertz CT molecular complexity index is 731. The van der Waals surface area contributed by atoms with Crippen molar-refractivity contribution in [3.63, 3.8) is 0 Å². The van der Waals surface area contributed by atoms with E-state index in [1.54, 1.807) is 32.7 Å². The molecule has 4 aliphatic rings. The second-order valence-corrected chi connectivity index (χ2v) is 29.8. The van der Waals surface area contributed by atoms with Crippen molar-refractivity contribution in [1.29, 1.82) is 0 Å². The fourth-order valence-electron chi connectivity index (χ4n) is 4.00. The third-order valence-corrected chi connectivity index (χ3v) is 36.3. The molecule has 192 valence electrons. The van der Waals surface area contributed by atoms with Crippen LogP contribution < -0.4 is 0 Å². The lowest BCUT2D eigenvalue weighted by molar-refractivity contribution is 0.00465. The molecule has 0 aromatic rings. The Morgan fingerprint density at radius 3 is 1.76 bits per heavy atom. The van der Waals surface area contributed by atoms with Gasteiger partial charge in [0.15, 0.2) is 0 Å². The maximum atomic E-state index is 9.47. The molecule has 7 atom stereocenters. The number of rotatable bonds is 7. The summed E-state index contributed by atoms with van der Waals surface area (Å²) < 4.78 is 75.2. The molecule has 0 radical (unpaired) electrons. The molecule has 0 amide bonds. The van der Waals surface area contributed by atoms with Gasteiger partial charge in [0.25, 0.3) is 20.0 Å². The first-order valence-corrected chi connectivity index (χ1v) is 26.0. The van der Waals surface area contributed by atoms with Crippen LogP contribution in [0.1, 0.15) is 6.42 Å². The molecule has 22 heteroatoms. The van der Waals surface area contributed by atoms with Crippen LogP contribution in [-0.2, 0) is 50.0 Å². The summed E-state index contributed by atoms with van der Waals surface area (Å²) >= 11 is 0. The van der Waals surface area contributed by atoms with Crippen LogP contribution in [0.4, 0.5) is 0 Å². The van der Waals surface area contributed by atoms with Crippen LogP contribution in [0.3, 0.4) is 0 Å². The fourth-order valence-corrected chi connectivity index (χ4v) is 40.3. The van der Waals surface area contributed by atoms with E-state index in [-0.39, 0.29) is 13.2 Å². The predicted octanol–water partition coefficient (Wildman–Crippen LogP) is -2.24. The molecular formula is C11H32O14Si8. The molecule has 14 nitrogen and oxygen atoms in total. The Hall–Kier alpha value is 1.18. The molecule has 6 bridgehead atoms. The predicted molar refractivity (Wildman–Crippen MR) is 126 cm³/mol. The van der Waals surface area contributed by atoms with Crippen molar-refractivity contribution >= 4 is 72.8 Å². The van der Waals surface area contributed by atoms with Gasteiger partial charge in [0.05, 0.1) is 13.2 Å². The Kier molecular flexibility index (Phi) is 8.09. The Morgan fingerprint density at radius 2 is 1.15 bits per heavy atom. The second-order valence-electron chi connectivity index (χ2n) is 8.54. The van der Waals surface area contributed by atoms with E-state index in [2.05, 4.69) is 0 Å². The van der Waals surface area contributed by atoms with Crippen molar-refractivity contribution in [3.05, 3.63) is 0 Å². The highest BCUT2D eigenvalue weighted by Gasteiger charge is 2.71. The molecule has 0 aromatic carbocycles. The number of hydrogen-bond acceptors (Lipinski definition) is 14.